The summed E-state index contributed by atoms with van der Waals surface area (Å²) in [6, 6.07) is 11.4. The highest BCUT2D eigenvalue weighted by Gasteiger charge is 2.09. The van der Waals surface area contributed by atoms with Gasteiger partial charge in [-0.2, -0.15) is 0 Å². The third kappa shape index (κ3) is 3.63. The van der Waals surface area contributed by atoms with Crippen LogP contribution in [0.15, 0.2) is 42.5 Å². The van der Waals surface area contributed by atoms with Crippen LogP contribution in [0.1, 0.15) is 33.2 Å². The highest BCUT2D eigenvalue weighted by molar-refractivity contribution is 5.96. The van der Waals surface area contributed by atoms with Crippen LogP contribution in [0.3, 0.4) is 0 Å². The van der Waals surface area contributed by atoms with Gasteiger partial charge >= 0.3 is 5.97 Å². The largest absolute Gasteiger partial charge is 0.507 e. The molecule has 2 aromatic rings. The van der Waals surface area contributed by atoms with Crippen molar-refractivity contribution < 1.29 is 24.2 Å². The van der Waals surface area contributed by atoms with Crippen molar-refractivity contribution in [2.75, 3.05) is 7.11 Å². The summed E-state index contributed by atoms with van der Waals surface area (Å²) in [6.07, 6.45) is 0. The van der Waals surface area contributed by atoms with E-state index in [1.165, 1.54) is 26.2 Å². The van der Waals surface area contributed by atoms with Gasteiger partial charge < -0.3 is 14.6 Å². The minimum absolute atomic E-state index is 0.117. The van der Waals surface area contributed by atoms with E-state index in [-0.39, 0.29) is 23.7 Å². The number of rotatable bonds is 5. The van der Waals surface area contributed by atoms with Crippen LogP contribution in [0.25, 0.3) is 0 Å². The van der Waals surface area contributed by atoms with Crippen molar-refractivity contribution in [2.24, 2.45) is 0 Å². The summed E-state index contributed by atoms with van der Waals surface area (Å²) >= 11 is 0. The average molecular weight is 300 g/mol. The Labute approximate surface area is 128 Å². The summed E-state index contributed by atoms with van der Waals surface area (Å²) < 4.78 is 10.2. The molecule has 0 atom stereocenters. The lowest BCUT2D eigenvalue weighted by atomic mass is 10.1. The molecule has 0 aliphatic carbocycles. The van der Waals surface area contributed by atoms with E-state index in [2.05, 4.69) is 4.74 Å². The predicted octanol–water partition coefficient (Wildman–Crippen LogP) is 2.96. The van der Waals surface area contributed by atoms with E-state index in [1.807, 2.05) is 6.07 Å². The lowest BCUT2D eigenvalue weighted by molar-refractivity contribution is 0.0600. The number of benzene rings is 2. The summed E-state index contributed by atoms with van der Waals surface area (Å²) in [4.78, 5) is 22.7. The normalized spacial score (nSPS) is 10.1. The van der Waals surface area contributed by atoms with Crippen LogP contribution >= 0.6 is 0 Å². The van der Waals surface area contributed by atoms with Crippen molar-refractivity contribution in [2.45, 2.75) is 13.5 Å². The Kier molecular flexibility index (Phi) is 4.78. The van der Waals surface area contributed by atoms with Gasteiger partial charge in [-0.05, 0) is 36.8 Å². The van der Waals surface area contributed by atoms with Gasteiger partial charge in [0.25, 0.3) is 0 Å². The summed E-state index contributed by atoms with van der Waals surface area (Å²) in [6.45, 7) is 1.61. The van der Waals surface area contributed by atoms with Crippen molar-refractivity contribution >= 4 is 11.8 Å². The fraction of sp³-hybridized carbons (Fsp3) is 0.176. The fourth-order valence-electron chi connectivity index (χ4n) is 1.97. The molecule has 0 amide bonds. The molecule has 0 heterocycles. The van der Waals surface area contributed by atoms with Crippen LogP contribution in [0, 0.1) is 0 Å². The van der Waals surface area contributed by atoms with Crippen LogP contribution in [-0.2, 0) is 11.3 Å². The number of esters is 1. The maximum atomic E-state index is 11.5. The maximum Gasteiger partial charge on any atom is 0.337 e. The number of methoxy groups -OCH3 is 1. The third-order valence-electron chi connectivity index (χ3n) is 3.10. The number of aromatic hydroxyl groups is 1. The molecule has 0 unspecified atom stereocenters. The number of phenols is 1. The zero-order chi connectivity index (χ0) is 16.1. The van der Waals surface area contributed by atoms with Gasteiger partial charge in [-0.15, -0.1) is 0 Å². The van der Waals surface area contributed by atoms with Gasteiger partial charge in [0, 0.05) is 6.07 Å². The second-order valence-corrected chi connectivity index (χ2v) is 4.72. The number of ether oxygens (including phenoxy) is 2. The highest BCUT2D eigenvalue weighted by Crippen LogP contribution is 2.24. The second-order valence-electron chi connectivity index (χ2n) is 4.72. The van der Waals surface area contributed by atoms with Gasteiger partial charge in [-0.25, -0.2) is 4.79 Å². The molecular weight excluding hydrogens is 284 g/mol. The molecule has 0 bridgehead atoms. The molecule has 5 heteroatoms. The molecule has 114 valence electrons. The van der Waals surface area contributed by atoms with Crippen molar-refractivity contribution in [1.82, 2.24) is 0 Å². The van der Waals surface area contributed by atoms with Gasteiger partial charge in [-0.1, -0.05) is 12.1 Å². The Balaban J connectivity index is 2.09. The van der Waals surface area contributed by atoms with E-state index < -0.39 is 5.97 Å². The predicted molar refractivity (Wildman–Crippen MR) is 80.2 cm³/mol. The SMILES string of the molecule is COC(=O)c1cccc(COc2ccc(C(C)=O)c(O)c2)c1. The minimum atomic E-state index is -0.412. The lowest BCUT2D eigenvalue weighted by Gasteiger charge is -2.09. The Hall–Kier alpha value is -2.82. The van der Waals surface area contributed by atoms with Gasteiger partial charge in [0.2, 0.25) is 0 Å². The number of carbonyl (C=O) groups excluding carboxylic acids is 2. The molecule has 2 rings (SSSR count). The first kappa shape index (κ1) is 15.6. The standard InChI is InChI=1S/C17H16O5/c1-11(18)15-7-6-14(9-16(15)19)22-10-12-4-3-5-13(8-12)17(20)21-2/h3-9,19H,10H2,1-2H3. The first-order valence-corrected chi connectivity index (χ1v) is 6.65. The molecule has 0 saturated carbocycles. The third-order valence-corrected chi connectivity index (χ3v) is 3.10. The number of phenolic OH excluding ortho intramolecular Hbond substituents is 1. The van der Waals surface area contributed by atoms with E-state index in [0.717, 1.165) is 5.56 Å². The van der Waals surface area contributed by atoms with Crippen LogP contribution in [0.5, 0.6) is 11.5 Å². The van der Waals surface area contributed by atoms with Gasteiger partial charge in [0.15, 0.2) is 5.78 Å². The smallest absolute Gasteiger partial charge is 0.337 e. The molecule has 2 aromatic carbocycles. The number of Topliss-reactive ketones (excluding diaryl/α,β-unsaturated/α-hetero) is 1. The zero-order valence-corrected chi connectivity index (χ0v) is 12.3. The Morgan fingerprint density at radius 2 is 1.91 bits per heavy atom. The lowest BCUT2D eigenvalue weighted by Crippen LogP contribution is -2.03. The molecule has 5 nitrogen and oxygen atoms in total. The molecule has 0 fully saturated rings. The average Bonchev–Trinajstić information content (AvgIpc) is 2.52. The number of carbonyl (C=O) groups is 2. The number of hydrogen-bond donors (Lipinski definition) is 1. The van der Waals surface area contributed by atoms with Crippen molar-refractivity contribution in [3.63, 3.8) is 0 Å². The molecule has 0 radical (unpaired) electrons. The van der Waals surface area contributed by atoms with E-state index in [9.17, 15) is 14.7 Å². The Morgan fingerprint density at radius 3 is 2.55 bits per heavy atom. The first-order chi connectivity index (χ1) is 10.5. The molecule has 0 aliphatic rings. The van der Waals surface area contributed by atoms with Crippen LogP contribution < -0.4 is 4.74 Å². The second kappa shape index (κ2) is 6.76. The number of ketones is 1. The Morgan fingerprint density at radius 1 is 1.14 bits per heavy atom. The monoisotopic (exact) mass is 300 g/mol. The van der Waals surface area contributed by atoms with Gasteiger partial charge in [0.05, 0.1) is 18.2 Å². The first-order valence-electron chi connectivity index (χ1n) is 6.65. The van der Waals surface area contributed by atoms with E-state index >= 15 is 0 Å². The summed E-state index contributed by atoms with van der Waals surface area (Å²) in [5, 5.41) is 9.75. The van der Waals surface area contributed by atoms with Crippen molar-refractivity contribution in [3.05, 3.63) is 59.2 Å². The van der Waals surface area contributed by atoms with E-state index in [1.54, 1.807) is 24.3 Å². The molecule has 22 heavy (non-hydrogen) atoms. The molecule has 0 aromatic heterocycles. The molecule has 0 saturated heterocycles. The van der Waals surface area contributed by atoms with Gasteiger partial charge in [0.1, 0.15) is 18.1 Å². The quantitative estimate of drug-likeness (QED) is 0.679. The maximum absolute atomic E-state index is 11.5. The van der Waals surface area contributed by atoms with Crippen LogP contribution in [-0.4, -0.2) is 24.0 Å². The van der Waals surface area contributed by atoms with Crippen LogP contribution in [0.2, 0.25) is 0 Å². The Bertz CT molecular complexity index is 706. The summed E-state index contributed by atoms with van der Waals surface area (Å²) in [5.41, 5.74) is 1.48. The summed E-state index contributed by atoms with van der Waals surface area (Å²) in [5.74, 6) is -0.306. The highest BCUT2D eigenvalue weighted by atomic mass is 16.5. The summed E-state index contributed by atoms with van der Waals surface area (Å²) in [7, 11) is 1.32. The van der Waals surface area contributed by atoms with Crippen molar-refractivity contribution in [1.29, 1.82) is 0 Å². The topological polar surface area (TPSA) is 72.8 Å². The molecule has 1 N–H and O–H groups in total. The van der Waals surface area contributed by atoms with E-state index in [4.69, 9.17) is 4.74 Å². The number of hydrogen-bond acceptors (Lipinski definition) is 5. The zero-order valence-electron chi connectivity index (χ0n) is 12.3. The fourth-order valence-corrected chi connectivity index (χ4v) is 1.97. The van der Waals surface area contributed by atoms with Crippen LogP contribution in [0.4, 0.5) is 0 Å². The minimum Gasteiger partial charge on any atom is -0.507 e. The van der Waals surface area contributed by atoms with Gasteiger partial charge in [-0.3, -0.25) is 4.79 Å². The molecule has 0 aliphatic heterocycles. The molecular formula is C17H16O5. The molecule has 0 spiro atoms. The van der Waals surface area contributed by atoms with E-state index in [0.29, 0.717) is 11.3 Å². The van der Waals surface area contributed by atoms with Crippen molar-refractivity contribution in [3.8, 4) is 11.5 Å².